The Balaban J connectivity index is 1.99. The fourth-order valence-corrected chi connectivity index (χ4v) is 6.59. The van der Waals surface area contributed by atoms with Crippen LogP contribution in [0.3, 0.4) is 0 Å². The van der Waals surface area contributed by atoms with Gasteiger partial charge in [0.15, 0.2) is 0 Å². The number of fused-ring (bicyclic) bond motifs is 1. The van der Waals surface area contributed by atoms with Crippen molar-refractivity contribution in [1.29, 1.82) is 0 Å². The predicted octanol–water partition coefficient (Wildman–Crippen LogP) is 2.62. The predicted molar refractivity (Wildman–Crippen MR) is 138 cm³/mol. The third-order valence-corrected chi connectivity index (χ3v) is 8.98. The molecule has 1 fully saturated rings. The average Bonchev–Trinajstić information content (AvgIpc) is 2.83. The lowest BCUT2D eigenvalue weighted by Crippen LogP contribution is -2.50. The fraction of sp³-hybridized carbons (Fsp3) is 0.667. The second-order valence-corrected chi connectivity index (χ2v) is 12.6. The number of likely N-dealkylation sites (N-methyl/N-ethyl adjacent to an activating group) is 1. The number of benzene rings is 1. The smallest absolute Gasteiger partial charge is 0.247 e. The van der Waals surface area contributed by atoms with Gasteiger partial charge in [-0.05, 0) is 51.8 Å². The molecule has 0 aromatic heterocycles. The highest BCUT2D eigenvalue weighted by molar-refractivity contribution is 7.89. The van der Waals surface area contributed by atoms with Gasteiger partial charge >= 0.3 is 0 Å². The second kappa shape index (κ2) is 11.5. The van der Waals surface area contributed by atoms with Crippen LogP contribution in [0.15, 0.2) is 23.1 Å². The average molecular weight is 521 g/mol. The molecule has 200 valence electrons. The second-order valence-electron chi connectivity index (χ2n) is 10.8. The van der Waals surface area contributed by atoms with Gasteiger partial charge in [0.05, 0.1) is 13.2 Å². The van der Waals surface area contributed by atoms with E-state index in [1.54, 1.807) is 44.9 Å². The fourth-order valence-electron chi connectivity index (χ4n) is 4.77. The van der Waals surface area contributed by atoms with Gasteiger partial charge in [0, 0.05) is 37.0 Å². The number of aliphatic hydroxyl groups is 2. The van der Waals surface area contributed by atoms with E-state index in [-0.39, 0.29) is 41.5 Å². The summed E-state index contributed by atoms with van der Waals surface area (Å²) in [4.78, 5) is 14.8. The lowest BCUT2D eigenvalue weighted by Gasteiger charge is -2.38. The van der Waals surface area contributed by atoms with Gasteiger partial charge in [-0.25, -0.2) is 8.42 Å². The first kappa shape index (κ1) is 28.5. The van der Waals surface area contributed by atoms with E-state index in [1.165, 1.54) is 16.8 Å². The number of ether oxygens (including phenoxy) is 1. The van der Waals surface area contributed by atoms with E-state index < -0.39 is 27.8 Å². The van der Waals surface area contributed by atoms with Crippen LogP contribution in [0.2, 0.25) is 0 Å². The van der Waals surface area contributed by atoms with Gasteiger partial charge in [-0.1, -0.05) is 38.0 Å². The summed E-state index contributed by atoms with van der Waals surface area (Å²) in [6, 6.07) is 3.99. The van der Waals surface area contributed by atoms with E-state index in [0.29, 0.717) is 12.1 Å². The van der Waals surface area contributed by atoms with Crippen molar-refractivity contribution in [2.45, 2.75) is 82.4 Å². The molecule has 1 aromatic carbocycles. The van der Waals surface area contributed by atoms with E-state index in [0.717, 1.165) is 25.7 Å². The van der Waals surface area contributed by atoms with Crippen LogP contribution in [0.4, 0.5) is 0 Å². The van der Waals surface area contributed by atoms with Crippen molar-refractivity contribution in [2.24, 2.45) is 11.8 Å². The third-order valence-electron chi connectivity index (χ3n) is 6.96. The first-order valence-electron chi connectivity index (χ1n) is 12.8. The molecule has 1 heterocycles. The Morgan fingerprint density at radius 2 is 1.94 bits per heavy atom. The first-order chi connectivity index (χ1) is 16.8. The van der Waals surface area contributed by atoms with Crippen LogP contribution in [0.25, 0.3) is 0 Å². The highest BCUT2D eigenvalue weighted by Crippen LogP contribution is 2.34. The van der Waals surface area contributed by atoms with E-state index in [2.05, 4.69) is 11.8 Å². The molecule has 0 saturated heterocycles. The number of carbonyl (C=O) groups excluding carboxylic acids is 1. The summed E-state index contributed by atoms with van der Waals surface area (Å²) in [6.45, 7) is 6.86. The van der Waals surface area contributed by atoms with Gasteiger partial charge in [0.1, 0.15) is 22.4 Å². The molecule has 8 nitrogen and oxygen atoms in total. The Morgan fingerprint density at radius 1 is 1.28 bits per heavy atom. The van der Waals surface area contributed by atoms with Crippen molar-refractivity contribution in [2.75, 3.05) is 26.7 Å². The largest absolute Gasteiger partial charge is 0.487 e. The Kier molecular flexibility index (Phi) is 9.10. The number of aliphatic hydroxyl groups excluding tert-OH is 1. The van der Waals surface area contributed by atoms with Gasteiger partial charge in [0.2, 0.25) is 15.9 Å². The molecule has 1 amide bonds. The zero-order chi connectivity index (χ0) is 26.7. The monoisotopic (exact) mass is 520 g/mol. The molecule has 0 unspecified atom stereocenters. The molecule has 0 bridgehead atoms. The quantitative estimate of drug-likeness (QED) is 0.578. The number of hydrogen-bond donors (Lipinski definition) is 2. The Morgan fingerprint density at radius 3 is 2.56 bits per heavy atom. The maximum Gasteiger partial charge on any atom is 0.247 e. The summed E-state index contributed by atoms with van der Waals surface area (Å²) >= 11 is 0. The van der Waals surface area contributed by atoms with Crippen LogP contribution < -0.4 is 4.74 Å². The molecular weight excluding hydrogens is 480 g/mol. The van der Waals surface area contributed by atoms with Crippen LogP contribution >= 0.6 is 0 Å². The van der Waals surface area contributed by atoms with Crippen LogP contribution in [0.1, 0.15) is 65.4 Å². The number of rotatable bonds is 5. The van der Waals surface area contributed by atoms with Crippen molar-refractivity contribution in [1.82, 2.24) is 9.21 Å². The number of nitrogens with zero attached hydrogens (tertiary/aromatic N) is 2. The summed E-state index contributed by atoms with van der Waals surface area (Å²) in [5.74, 6) is 5.64. The maximum absolute atomic E-state index is 13.6. The first-order valence-corrected chi connectivity index (χ1v) is 14.2. The third kappa shape index (κ3) is 6.80. The lowest BCUT2D eigenvalue weighted by molar-refractivity contribution is -0.136. The summed E-state index contributed by atoms with van der Waals surface area (Å²) in [6.07, 6.45) is 4.62. The number of amides is 1. The number of sulfonamides is 1. The molecule has 0 spiro atoms. The van der Waals surface area contributed by atoms with Gasteiger partial charge in [-0.15, -0.1) is 0 Å². The minimum Gasteiger partial charge on any atom is -0.487 e. The van der Waals surface area contributed by atoms with Crippen molar-refractivity contribution >= 4 is 15.9 Å². The van der Waals surface area contributed by atoms with Crippen molar-refractivity contribution in [3.8, 4) is 17.6 Å². The Bertz CT molecular complexity index is 1100. The van der Waals surface area contributed by atoms with Gasteiger partial charge < -0.3 is 19.8 Å². The number of carbonyl (C=O) groups is 1. The molecule has 2 aliphatic rings. The van der Waals surface area contributed by atoms with Gasteiger partial charge in [0.25, 0.3) is 0 Å². The van der Waals surface area contributed by atoms with Crippen LogP contribution in [-0.4, -0.2) is 78.2 Å². The molecule has 1 aliphatic carbocycles. The zero-order valence-electron chi connectivity index (χ0n) is 22.0. The van der Waals surface area contributed by atoms with E-state index in [4.69, 9.17) is 4.74 Å². The molecule has 36 heavy (non-hydrogen) atoms. The van der Waals surface area contributed by atoms with Gasteiger partial charge in [-0.3, -0.25) is 4.79 Å². The summed E-state index contributed by atoms with van der Waals surface area (Å²) < 4.78 is 34.8. The summed E-state index contributed by atoms with van der Waals surface area (Å²) in [5.41, 5.74) is -0.699. The lowest BCUT2D eigenvalue weighted by atomic mass is 9.88. The molecule has 9 heteroatoms. The normalized spacial score (nSPS) is 23.8. The van der Waals surface area contributed by atoms with Crippen molar-refractivity contribution in [3.63, 3.8) is 0 Å². The van der Waals surface area contributed by atoms with Crippen LogP contribution in [0, 0.1) is 23.7 Å². The molecule has 1 aromatic rings. The maximum atomic E-state index is 13.6. The highest BCUT2D eigenvalue weighted by atomic mass is 32.2. The highest BCUT2D eigenvalue weighted by Gasteiger charge is 2.38. The summed E-state index contributed by atoms with van der Waals surface area (Å²) in [7, 11) is -2.18. The minimum absolute atomic E-state index is 0.00484. The summed E-state index contributed by atoms with van der Waals surface area (Å²) in [5, 5.41) is 19.8. The standard InChI is InChI=1S/C27H40N2O6S/c1-19-16-29(20(2)18-30)36(33,34)25-12-11-21(13-14-27(3,4)32)15-23(25)35-24(19)17-28(5)26(31)22-9-7-6-8-10-22/h11-12,15,19-20,22,24,30,32H,6-10,16-18H2,1-5H3/t19-,20+,24+/m0/s1. The molecule has 1 aliphatic heterocycles. The van der Waals surface area contributed by atoms with Gasteiger partial charge in [-0.2, -0.15) is 4.31 Å². The number of hydrogen-bond acceptors (Lipinski definition) is 6. The van der Waals surface area contributed by atoms with Crippen molar-refractivity contribution in [3.05, 3.63) is 23.8 Å². The molecule has 1 saturated carbocycles. The van der Waals surface area contributed by atoms with E-state index in [9.17, 15) is 23.4 Å². The molecule has 3 rings (SSSR count). The molecular formula is C27H40N2O6S. The Labute approximate surface area is 215 Å². The SMILES string of the molecule is C[C@H](CO)N1C[C@H](C)[C@@H](CN(C)C(=O)C2CCCCC2)Oc2cc(C#CC(C)(C)O)ccc2S1(=O)=O. The Hall–Kier alpha value is -2.12. The van der Waals surface area contributed by atoms with E-state index in [1.807, 2.05) is 6.92 Å². The molecule has 3 atom stereocenters. The molecule has 0 radical (unpaired) electrons. The zero-order valence-corrected chi connectivity index (χ0v) is 22.8. The van der Waals surface area contributed by atoms with Crippen molar-refractivity contribution < 1.29 is 28.2 Å². The van der Waals surface area contributed by atoms with E-state index >= 15 is 0 Å². The topological polar surface area (TPSA) is 107 Å². The van der Waals surface area contributed by atoms with Crippen LogP contribution in [-0.2, 0) is 14.8 Å². The van der Waals surface area contributed by atoms with Crippen LogP contribution in [0.5, 0.6) is 5.75 Å². The minimum atomic E-state index is -3.96. The molecule has 2 N–H and O–H groups in total.